The van der Waals surface area contributed by atoms with Crippen LogP contribution in [-0.4, -0.2) is 55.6 Å². The van der Waals surface area contributed by atoms with Crippen molar-refractivity contribution in [3.8, 4) is 0 Å². The van der Waals surface area contributed by atoms with Gasteiger partial charge in [-0.25, -0.2) is 4.79 Å². The van der Waals surface area contributed by atoms with Gasteiger partial charge in [0.2, 0.25) is 0 Å². The Hall–Kier alpha value is -2.37. The van der Waals surface area contributed by atoms with E-state index in [1.165, 1.54) is 16.7 Å². The number of anilines is 1. The number of hydrogen-bond donors (Lipinski definition) is 2. The minimum absolute atomic E-state index is 0.162. The van der Waals surface area contributed by atoms with Gasteiger partial charge >= 0.3 is 6.03 Å². The van der Waals surface area contributed by atoms with Crippen molar-refractivity contribution in [3.63, 3.8) is 0 Å². The third-order valence-corrected chi connectivity index (χ3v) is 5.21. The lowest BCUT2D eigenvalue weighted by molar-refractivity contribution is 0.111. The number of carbonyl (C=O) groups is 1. The lowest BCUT2D eigenvalue weighted by Crippen LogP contribution is -2.48. The number of nitrogens with one attached hydrogen (secondary N) is 2. The van der Waals surface area contributed by atoms with E-state index in [1.54, 1.807) is 0 Å². The van der Waals surface area contributed by atoms with Gasteiger partial charge in [0.25, 0.3) is 0 Å². The van der Waals surface area contributed by atoms with Gasteiger partial charge in [0.05, 0.1) is 6.04 Å². The second-order valence-electron chi connectivity index (χ2n) is 7.47. The Morgan fingerprint density at radius 2 is 1.48 bits per heavy atom. The maximum absolute atomic E-state index is 12.4. The van der Waals surface area contributed by atoms with Crippen LogP contribution in [0.2, 0.25) is 0 Å². The molecule has 2 amide bonds. The van der Waals surface area contributed by atoms with Gasteiger partial charge in [-0.2, -0.15) is 0 Å². The summed E-state index contributed by atoms with van der Waals surface area (Å²) in [7, 11) is 2.16. The minimum Gasteiger partial charge on any atom is -0.336 e. The van der Waals surface area contributed by atoms with Crippen LogP contribution in [0.25, 0.3) is 0 Å². The second kappa shape index (κ2) is 9.02. The zero-order valence-corrected chi connectivity index (χ0v) is 16.5. The van der Waals surface area contributed by atoms with Crippen LogP contribution in [0, 0.1) is 13.8 Å². The molecule has 1 saturated heterocycles. The molecule has 2 N–H and O–H groups in total. The van der Waals surface area contributed by atoms with Crippen molar-refractivity contribution < 1.29 is 4.79 Å². The topological polar surface area (TPSA) is 47.6 Å². The lowest BCUT2D eigenvalue weighted by Gasteiger charge is -2.38. The first-order valence-electron chi connectivity index (χ1n) is 9.62. The van der Waals surface area contributed by atoms with Gasteiger partial charge in [0.15, 0.2) is 0 Å². The fourth-order valence-electron chi connectivity index (χ4n) is 3.38. The molecule has 27 heavy (non-hydrogen) atoms. The molecule has 0 spiro atoms. The largest absolute Gasteiger partial charge is 0.336 e. The van der Waals surface area contributed by atoms with Gasteiger partial charge in [-0.3, -0.25) is 4.90 Å². The van der Waals surface area contributed by atoms with E-state index >= 15 is 0 Å². The Kier molecular flexibility index (Phi) is 6.48. The number of rotatable bonds is 5. The highest BCUT2D eigenvalue weighted by atomic mass is 16.2. The number of hydrogen-bond acceptors (Lipinski definition) is 3. The number of urea groups is 1. The van der Waals surface area contributed by atoms with Gasteiger partial charge in [-0.05, 0) is 38.6 Å². The fraction of sp³-hybridized carbons (Fsp3) is 0.409. The van der Waals surface area contributed by atoms with Crippen molar-refractivity contribution in [2.24, 2.45) is 0 Å². The number of amides is 2. The average molecular weight is 367 g/mol. The van der Waals surface area contributed by atoms with Gasteiger partial charge in [-0.1, -0.05) is 47.5 Å². The molecular formula is C22H30N4O. The second-order valence-corrected chi connectivity index (χ2v) is 7.47. The summed E-state index contributed by atoms with van der Waals surface area (Å²) in [6, 6.07) is 16.5. The summed E-state index contributed by atoms with van der Waals surface area (Å²) in [5.74, 6) is 0. The Morgan fingerprint density at radius 1 is 0.926 bits per heavy atom. The monoisotopic (exact) mass is 366 g/mol. The summed E-state index contributed by atoms with van der Waals surface area (Å²) in [5, 5.41) is 5.98. The molecule has 1 fully saturated rings. The molecule has 5 heteroatoms. The number of carbonyl (C=O) groups excluding carboxylic acids is 1. The first kappa shape index (κ1) is 19.4. The smallest absolute Gasteiger partial charge is 0.319 e. The molecule has 1 aliphatic rings. The van der Waals surface area contributed by atoms with Crippen LogP contribution in [0.3, 0.4) is 0 Å². The van der Waals surface area contributed by atoms with E-state index in [4.69, 9.17) is 0 Å². The van der Waals surface area contributed by atoms with Crippen molar-refractivity contribution in [2.45, 2.75) is 19.9 Å². The fourth-order valence-corrected chi connectivity index (χ4v) is 3.38. The first-order valence-corrected chi connectivity index (χ1v) is 9.62. The van der Waals surface area contributed by atoms with E-state index in [0.29, 0.717) is 6.54 Å². The summed E-state index contributed by atoms with van der Waals surface area (Å²) in [6.07, 6.45) is 0. The Balaban J connectivity index is 1.64. The molecule has 1 heterocycles. The molecule has 0 bridgehead atoms. The van der Waals surface area contributed by atoms with E-state index in [1.807, 2.05) is 31.2 Å². The molecule has 1 unspecified atom stereocenters. The molecular weight excluding hydrogens is 336 g/mol. The molecule has 1 atom stereocenters. The summed E-state index contributed by atoms with van der Waals surface area (Å²) in [5.41, 5.74) is 4.49. The quantitative estimate of drug-likeness (QED) is 0.852. The highest BCUT2D eigenvalue weighted by Gasteiger charge is 2.24. The predicted octanol–water partition coefficient (Wildman–Crippen LogP) is 3.41. The van der Waals surface area contributed by atoms with Gasteiger partial charge in [-0.15, -0.1) is 0 Å². The maximum atomic E-state index is 12.4. The van der Waals surface area contributed by atoms with Crippen molar-refractivity contribution in [2.75, 3.05) is 45.1 Å². The molecule has 0 aliphatic carbocycles. The molecule has 0 aromatic heterocycles. The lowest BCUT2D eigenvalue weighted by atomic mass is 10.0. The van der Waals surface area contributed by atoms with Crippen LogP contribution in [0.1, 0.15) is 22.7 Å². The van der Waals surface area contributed by atoms with Crippen LogP contribution >= 0.6 is 0 Å². The number of benzene rings is 2. The van der Waals surface area contributed by atoms with Crippen molar-refractivity contribution >= 4 is 11.7 Å². The number of likely N-dealkylation sites (N-methyl/N-ethyl adjacent to an activating group) is 1. The SMILES string of the molecule is Cc1ccc(NC(=O)NCC(c2ccc(C)cc2)N2CCN(C)CC2)cc1. The molecule has 1 aliphatic heterocycles. The van der Waals surface area contributed by atoms with Crippen LogP contribution < -0.4 is 10.6 Å². The van der Waals surface area contributed by atoms with Gasteiger partial charge in [0.1, 0.15) is 0 Å². The molecule has 0 radical (unpaired) electrons. The minimum atomic E-state index is -0.162. The number of aryl methyl sites for hydroxylation is 2. The Bertz CT molecular complexity index is 734. The van der Waals surface area contributed by atoms with E-state index < -0.39 is 0 Å². The van der Waals surface area contributed by atoms with E-state index in [2.05, 4.69) is 58.7 Å². The molecule has 2 aromatic carbocycles. The van der Waals surface area contributed by atoms with E-state index in [0.717, 1.165) is 31.9 Å². The van der Waals surface area contributed by atoms with Crippen LogP contribution in [-0.2, 0) is 0 Å². The van der Waals surface area contributed by atoms with E-state index in [-0.39, 0.29) is 12.1 Å². The highest BCUT2D eigenvalue weighted by Crippen LogP contribution is 2.22. The highest BCUT2D eigenvalue weighted by molar-refractivity contribution is 5.89. The van der Waals surface area contributed by atoms with Crippen molar-refractivity contribution in [3.05, 3.63) is 65.2 Å². The predicted molar refractivity (Wildman–Crippen MR) is 111 cm³/mol. The Morgan fingerprint density at radius 3 is 2.07 bits per heavy atom. The maximum Gasteiger partial charge on any atom is 0.319 e. The summed E-state index contributed by atoms with van der Waals surface area (Å²) < 4.78 is 0. The average Bonchev–Trinajstić information content (AvgIpc) is 2.66. The summed E-state index contributed by atoms with van der Waals surface area (Å²) in [4.78, 5) is 17.2. The Labute approximate surface area is 162 Å². The normalized spacial score (nSPS) is 16.7. The molecule has 0 saturated carbocycles. The number of piperazine rings is 1. The molecule has 5 nitrogen and oxygen atoms in total. The zero-order chi connectivity index (χ0) is 19.2. The van der Waals surface area contributed by atoms with Gasteiger partial charge < -0.3 is 15.5 Å². The third-order valence-electron chi connectivity index (χ3n) is 5.21. The van der Waals surface area contributed by atoms with Crippen LogP contribution in [0.5, 0.6) is 0 Å². The number of nitrogens with zero attached hydrogens (tertiary/aromatic N) is 2. The molecule has 2 aromatic rings. The third kappa shape index (κ3) is 5.55. The first-order chi connectivity index (χ1) is 13.0. The summed E-state index contributed by atoms with van der Waals surface area (Å²) in [6.45, 7) is 8.85. The van der Waals surface area contributed by atoms with Crippen LogP contribution in [0.15, 0.2) is 48.5 Å². The van der Waals surface area contributed by atoms with E-state index in [9.17, 15) is 4.79 Å². The van der Waals surface area contributed by atoms with Crippen LogP contribution in [0.4, 0.5) is 10.5 Å². The standard InChI is InChI=1S/C22H30N4O/c1-17-4-8-19(9-5-17)21(26-14-12-25(3)13-15-26)16-23-22(27)24-20-10-6-18(2)7-11-20/h4-11,21H,12-16H2,1-3H3,(H2,23,24,27). The molecule has 144 valence electrons. The van der Waals surface area contributed by atoms with Crippen molar-refractivity contribution in [1.82, 2.24) is 15.1 Å². The van der Waals surface area contributed by atoms with Gasteiger partial charge in [0, 0.05) is 38.4 Å². The summed E-state index contributed by atoms with van der Waals surface area (Å²) >= 11 is 0. The van der Waals surface area contributed by atoms with Crippen molar-refractivity contribution in [1.29, 1.82) is 0 Å². The molecule has 3 rings (SSSR count). The zero-order valence-electron chi connectivity index (χ0n) is 16.5.